The average Bonchev–Trinajstić information content (AvgIpc) is 2.46. The molecule has 2 aromatic rings. The quantitative estimate of drug-likeness (QED) is 0.914. The van der Waals surface area contributed by atoms with Gasteiger partial charge in [-0.1, -0.05) is 12.1 Å². The summed E-state index contributed by atoms with van der Waals surface area (Å²) >= 11 is 0. The molecule has 0 fully saturated rings. The number of hydrogen-bond acceptors (Lipinski definition) is 4. The molecule has 1 aromatic heterocycles. The molecule has 2 rings (SSSR count). The van der Waals surface area contributed by atoms with Crippen LogP contribution in [-0.2, 0) is 0 Å². The summed E-state index contributed by atoms with van der Waals surface area (Å²) in [5.41, 5.74) is 7.16. The lowest BCUT2D eigenvalue weighted by atomic mass is 10.1. The second-order valence-electron chi connectivity index (χ2n) is 4.48. The molecule has 0 aliphatic heterocycles. The lowest BCUT2D eigenvalue weighted by Crippen LogP contribution is -2.36. The number of nitrogens with zero attached hydrogens (tertiary/aromatic N) is 3. The Morgan fingerprint density at radius 3 is 2.53 bits per heavy atom. The molecule has 0 aliphatic rings. The molecule has 1 atom stereocenters. The van der Waals surface area contributed by atoms with Gasteiger partial charge in [0.1, 0.15) is 5.82 Å². The predicted molar refractivity (Wildman–Crippen MR) is 74.3 cm³/mol. The number of benzene rings is 1. The van der Waals surface area contributed by atoms with Crippen LogP contribution in [0.3, 0.4) is 0 Å². The number of halogens is 1. The van der Waals surface area contributed by atoms with E-state index in [1.165, 1.54) is 12.1 Å². The highest BCUT2D eigenvalue weighted by molar-refractivity contribution is 5.61. The van der Waals surface area contributed by atoms with E-state index in [0.29, 0.717) is 12.5 Å². The minimum atomic E-state index is -0.268. The van der Waals surface area contributed by atoms with Gasteiger partial charge in [-0.25, -0.2) is 14.4 Å². The first-order chi connectivity index (χ1) is 9.11. The fourth-order valence-corrected chi connectivity index (χ4v) is 1.68. The molecule has 4 nitrogen and oxygen atoms in total. The molecule has 1 aromatic carbocycles. The Kier molecular flexibility index (Phi) is 4.06. The normalized spacial score (nSPS) is 12.2. The molecule has 19 heavy (non-hydrogen) atoms. The highest BCUT2D eigenvalue weighted by atomic mass is 19.1. The van der Waals surface area contributed by atoms with Crippen molar-refractivity contribution in [3.05, 3.63) is 42.5 Å². The standard InChI is InChI=1S/C14H17FN4/c1-10(7-16)19(2)14-17-8-12(9-18-14)11-4-3-5-13(15)6-11/h3-6,8-10H,7,16H2,1-2H3. The van der Waals surface area contributed by atoms with E-state index >= 15 is 0 Å². The SMILES string of the molecule is CC(CN)N(C)c1ncc(-c2cccc(F)c2)cn1. The molecule has 0 saturated heterocycles. The highest BCUT2D eigenvalue weighted by Crippen LogP contribution is 2.19. The van der Waals surface area contributed by atoms with E-state index in [2.05, 4.69) is 9.97 Å². The van der Waals surface area contributed by atoms with Crippen molar-refractivity contribution in [3.63, 3.8) is 0 Å². The van der Waals surface area contributed by atoms with Gasteiger partial charge < -0.3 is 10.6 Å². The third-order valence-electron chi connectivity index (χ3n) is 3.11. The van der Waals surface area contributed by atoms with Crippen molar-refractivity contribution in [1.29, 1.82) is 0 Å². The highest BCUT2D eigenvalue weighted by Gasteiger charge is 2.10. The zero-order valence-corrected chi connectivity index (χ0v) is 11.0. The monoisotopic (exact) mass is 260 g/mol. The summed E-state index contributed by atoms with van der Waals surface area (Å²) in [5, 5.41) is 0. The molecule has 0 radical (unpaired) electrons. The van der Waals surface area contributed by atoms with Crippen LogP contribution in [0.2, 0.25) is 0 Å². The molecule has 0 bridgehead atoms. The summed E-state index contributed by atoms with van der Waals surface area (Å²) in [7, 11) is 1.90. The van der Waals surface area contributed by atoms with Gasteiger partial charge in [-0.3, -0.25) is 0 Å². The number of aromatic nitrogens is 2. The molecule has 0 amide bonds. The third kappa shape index (κ3) is 3.06. The van der Waals surface area contributed by atoms with Gasteiger partial charge in [-0.05, 0) is 24.6 Å². The van der Waals surface area contributed by atoms with Gasteiger partial charge in [-0.15, -0.1) is 0 Å². The van der Waals surface area contributed by atoms with Crippen LogP contribution in [0, 0.1) is 5.82 Å². The van der Waals surface area contributed by atoms with E-state index < -0.39 is 0 Å². The van der Waals surface area contributed by atoms with Crippen LogP contribution in [-0.4, -0.2) is 29.6 Å². The number of rotatable bonds is 4. The zero-order chi connectivity index (χ0) is 13.8. The Labute approximate surface area is 112 Å². The molecule has 1 heterocycles. The van der Waals surface area contributed by atoms with Crippen molar-refractivity contribution >= 4 is 5.95 Å². The first-order valence-electron chi connectivity index (χ1n) is 6.12. The molecular weight excluding hydrogens is 243 g/mol. The largest absolute Gasteiger partial charge is 0.340 e. The molecule has 5 heteroatoms. The number of anilines is 1. The maximum Gasteiger partial charge on any atom is 0.225 e. The van der Waals surface area contributed by atoms with Crippen LogP contribution >= 0.6 is 0 Å². The molecule has 100 valence electrons. The van der Waals surface area contributed by atoms with Crippen molar-refractivity contribution in [2.45, 2.75) is 13.0 Å². The van der Waals surface area contributed by atoms with Crippen LogP contribution in [0.15, 0.2) is 36.7 Å². The topological polar surface area (TPSA) is 55.0 Å². The Balaban J connectivity index is 2.23. The van der Waals surface area contributed by atoms with E-state index in [9.17, 15) is 4.39 Å². The minimum absolute atomic E-state index is 0.167. The predicted octanol–water partition coefficient (Wildman–Crippen LogP) is 2.07. The van der Waals surface area contributed by atoms with Crippen molar-refractivity contribution in [2.24, 2.45) is 5.73 Å². The van der Waals surface area contributed by atoms with Crippen LogP contribution < -0.4 is 10.6 Å². The number of hydrogen-bond donors (Lipinski definition) is 1. The van der Waals surface area contributed by atoms with E-state index in [4.69, 9.17) is 5.73 Å². The number of nitrogens with two attached hydrogens (primary N) is 1. The molecule has 0 aliphatic carbocycles. The maximum atomic E-state index is 13.1. The van der Waals surface area contributed by atoms with Crippen LogP contribution in [0.4, 0.5) is 10.3 Å². The van der Waals surface area contributed by atoms with Crippen LogP contribution in [0.1, 0.15) is 6.92 Å². The average molecular weight is 260 g/mol. The molecular formula is C14H17FN4. The van der Waals surface area contributed by atoms with Gasteiger partial charge in [-0.2, -0.15) is 0 Å². The second kappa shape index (κ2) is 5.75. The summed E-state index contributed by atoms with van der Waals surface area (Å²) in [6, 6.07) is 6.54. The first-order valence-corrected chi connectivity index (χ1v) is 6.12. The van der Waals surface area contributed by atoms with Gasteiger partial charge >= 0.3 is 0 Å². The second-order valence-corrected chi connectivity index (χ2v) is 4.48. The van der Waals surface area contributed by atoms with Gasteiger partial charge in [0.2, 0.25) is 5.95 Å². The molecule has 0 spiro atoms. The Morgan fingerprint density at radius 1 is 1.26 bits per heavy atom. The van der Waals surface area contributed by atoms with E-state index in [0.717, 1.165) is 11.1 Å². The zero-order valence-electron chi connectivity index (χ0n) is 11.0. The third-order valence-corrected chi connectivity index (χ3v) is 3.11. The van der Waals surface area contributed by atoms with Crippen molar-refractivity contribution in [1.82, 2.24) is 9.97 Å². The first kappa shape index (κ1) is 13.4. The lowest BCUT2D eigenvalue weighted by Gasteiger charge is -2.23. The van der Waals surface area contributed by atoms with E-state index in [1.807, 2.05) is 24.9 Å². The molecule has 2 N–H and O–H groups in total. The van der Waals surface area contributed by atoms with Crippen LogP contribution in [0.5, 0.6) is 0 Å². The molecule has 1 unspecified atom stereocenters. The van der Waals surface area contributed by atoms with Crippen molar-refractivity contribution in [2.75, 3.05) is 18.5 Å². The Morgan fingerprint density at radius 2 is 1.95 bits per heavy atom. The Bertz CT molecular complexity index is 541. The van der Waals surface area contributed by atoms with Gasteiger partial charge in [0.05, 0.1) is 0 Å². The van der Waals surface area contributed by atoms with Crippen molar-refractivity contribution in [3.8, 4) is 11.1 Å². The lowest BCUT2D eigenvalue weighted by molar-refractivity contribution is 0.628. The Hall–Kier alpha value is -2.01. The smallest absolute Gasteiger partial charge is 0.225 e. The van der Waals surface area contributed by atoms with Gasteiger partial charge in [0.15, 0.2) is 0 Å². The summed E-state index contributed by atoms with van der Waals surface area (Å²) < 4.78 is 13.1. The van der Waals surface area contributed by atoms with Crippen molar-refractivity contribution < 1.29 is 4.39 Å². The fourth-order valence-electron chi connectivity index (χ4n) is 1.68. The van der Waals surface area contributed by atoms with Gasteiger partial charge in [0.25, 0.3) is 0 Å². The summed E-state index contributed by atoms with van der Waals surface area (Å²) in [4.78, 5) is 10.5. The summed E-state index contributed by atoms with van der Waals surface area (Å²) in [5.74, 6) is 0.341. The minimum Gasteiger partial charge on any atom is -0.340 e. The fraction of sp³-hybridized carbons (Fsp3) is 0.286. The summed E-state index contributed by atoms with van der Waals surface area (Å²) in [6.45, 7) is 2.54. The van der Waals surface area contributed by atoms with Gasteiger partial charge in [0, 0.05) is 37.6 Å². The summed E-state index contributed by atoms with van der Waals surface area (Å²) in [6.07, 6.45) is 3.38. The maximum absolute atomic E-state index is 13.1. The van der Waals surface area contributed by atoms with E-state index in [1.54, 1.807) is 18.5 Å². The van der Waals surface area contributed by atoms with E-state index in [-0.39, 0.29) is 11.9 Å². The number of likely N-dealkylation sites (N-methyl/N-ethyl adjacent to an activating group) is 1. The van der Waals surface area contributed by atoms with Crippen LogP contribution in [0.25, 0.3) is 11.1 Å². The molecule has 0 saturated carbocycles.